The van der Waals surface area contributed by atoms with E-state index in [0.29, 0.717) is 0 Å². The summed E-state index contributed by atoms with van der Waals surface area (Å²) in [6.07, 6.45) is 3.85. The molecule has 2 rings (SSSR count). The van der Waals surface area contributed by atoms with Crippen molar-refractivity contribution in [3.63, 3.8) is 0 Å². The predicted octanol–water partition coefficient (Wildman–Crippen LogP) is 2.14. The van der Waals surface area contributed by atoms with Gasteiger partial charge in [-0.25, -0.2) is 4.98 Å². The van der Waals surface area contributed by atoms with Crippen LogP contribution in [0, 0.1) is 6.92 Å². The van der Waals surface area contributed by atoms with Crippen LogP contribution in [-0.2, 0) is 6.54 Å². The summed E-state index contributed by atoms with van der Waals surface area (Å²) in [5.41, 5.74) is 0.838. The second kappa shape index (κ2) is 4.76. The molecule has 1 atom stereocenters. The molecule has 86 valence electrons. The Labute approximate surface area is 98.6 Å². The van der Waals surface area contributed by atoms with Crippen molar-refractivity contribution in [2.45, 2.75) is 32.9 Å². The van der Waals surface area contributed by atoms with Crippen LogP contribution < -0.4 is 0 Å². The number of hydrogen-bond donors (Lipinski definition) is 1. The molecular formula is C11H15N3OS. The van der Waals surface area contributed by atoms with E-state index in [1.807, 2.05) is 17.7 Å². The van der Waals surface area contributed by atoms with Crippen molar-refractivity contribution >= 4 is 11.3 Å². The van der Waals surface area contributed by atoms with Gasteiger partial charge in [-0.3, -0.25) is 4.68 Å². The third kappa shape index (κ3) is 2.15. The molecule has 0 saturated carbocycles. The minimum absolute atomic E-state index is 0.611. The van der Waals surface area contributed by atoms with Crippen LogP contribution in [0.2, 0.25) is 0 Å². The molecule has 0 bridgehead atoms. The highest BCUT2D eigenvalue weighted by Gasteiger charge is 2.17. The van der Waals surface area contributed by atoms with Crippen LogP contribution in [0.3, 0.4) is 0 Å². The van der Waals surface area contributed by atoms with E-state index in [1.165, 1.54) is 11.3 Å². The minimum Gasteiger partial charge on any atom is -0.381 e. The number of aryl methyl sites for hydroxylation is 2. The fourth-order valence-corrected chi connectivity index (χ4v) is 2.41. The Hall–Kier alpha value is -1.20. The third-order valence-electron chi connectivity index (χ3n) is 2.37. The number of thiazole rings is 1. The zero-order valence-electron chi connectivity index (χ0n) is 9.42. The maximum Gasteiger partial charge on any atom is 0.131 e. The monoisotopic (exact) mass is 237 g/mol. The Morgan fingerprint density at radius 1 is 1.56 bits per heavy atom. The fraction of sp³-hybridized carbons (Fsp3) is 0.455. The van der Waals surface area contributed by atoms with E-state index in [0.717, 1.165) is 28.5 Å². The summed E-state index contributed by atoms with van der Waals surface area (Å²) in [5.74, 6) is 0. The molecule has 2 heterocycles. The highest BCUT2D eigenvalue weighted by atomic mass is 32.1. The van der Waals surface area contributed by atoms with Gasteiger partial charge in [-0.15, -0.1) is 11.3 Å². The summed E-state index contributed by atoms with van der Waals surface area (Å²) >= 11 is 1.52. The van der Waals surface area contributed by atoms with Crippen molar-refractivity contribution in [2.75, 3.05) is 0 Å². The molecule has 5 heteroatoms. The lowest BCUT2D eigenvalue weighted by molar-refractivity contribution is 0.211. The number of rotatable bonds is 4. The molecule has 0 aliphatic heterocycles. The summed E-state index contributed by atoms with van der Waals surface area (Å²) in [7, 11) is 0. The van der Waals surface area contributed by atoms with Crippen LogP contribution in [0.25, 0.3) is 0 Å². The van der Waals surface area contributed by atoms with E-state index in [-0.39, 0.29) is 0 Å². The van der Waals surface area contributed by atoms with Gasteiger partial charge in [-0.2, -0.15) is 5.10 Å². The molecule has 0 fully saturated rings. The first-order valence-corrected chi connectivity index (χ1v) is 6.16. The largest absolute Gasteiger partial charge is 0.381 e. The Kier molecular flexibility index (Phi) is 3.36. The van der Waals surface area contributed by atoms with Crippen LogP contribution in [-0.4, -0.2) is 19.9 Å². The van der Waals surface area contributed by atoms with Crippen LogP contribution in [0.15, 0.2) is 18.5 Å². The molecule has 0 aliphatic carbocycles. The van der Waals surface area contributed by atoms with Crippen molar-refractivity contribution in [3.05, 3.63) is 34.0 Å². The average Bonchev–Trinajstić information content (AvgIpc) is 2.87. The van der Waals surface area contributed by atoms with Gasteiger partial charge in [0.15, 0.2) is 0 Å². The Morgan fingerprint density at radius 2 is 2.38 bits per heavy atom. The van der Waals surface area contributed by atoms with Gasteiger partial charge in [-0.05, 0) is 19.4 Å². The zero-order chi connectivity index (χ0) is 11.5. The average molecular weight is 237 g/mol. The number of nitrogens with zero attached hydrogens (tertiary/aromatic N) is 3. The molecule has 2 aromatic rings. The first-order valence-electron chi connectivity index (χ1n) is 5.34. The normalized spacial score (nSPS) is 12.9. The molecule has 1 unspecified atom stereocenters. The molecule has 0 radical (unpaired) electrons. The molecular weight excluding hydrogens is 222 g/mol. The topological polar surface area (TPSA) is 50.9 Å². The summed E-state index contributed by atoms with van der Waals surface area (Å²) in [4.78, 5) is 5.02. The molecule has 0 aromatic carbocycles. The Bertz CT molecular complexity index is 463. The van der Waals surface area contributed by atoms with Gasteiger partial charge in [0.05, 0.1) is 15.6 Å². The lowest BCUT2D eigenvalue weighted by Gasteiger charge is -2.10. The molecule has 1 N–H and O–H groups in total. The number of aliphatic hydroxyl groups excluding tert-OH is 1. The maximum absolute atomic E-state index is 10.2. The number of aromatic nitrogens is 3. The van der Waals surface area contributed by atoms with Crippen molar-refractivity contribution in [1.29, 1.82) is 0 Å². The molecule has 0 spiro atoms. The van der Waals surface area contributed by atoms with Gasteiger partial charge in [0.2, 0.25) is 0 Å². The van der Waals surface area contributed by atoms with Crippen LogP contribution in [0.1, 0.15) is 35.0 Å². The standard InChI is InChI=1S/C11H15N3OS/c1-3-6-14-9(4-5-13-14)11(15)10-7-12-8(2)16-10/h4-5,7,11,15H,3,6H2,1-2H3. The maximum atomic E-state index is 10.2. The first-order chi connectivity index (χ1) is 7.72. The molecule has 0 aliphatic rings. The van der Waals surface area contributed by atoms with Crippen molar-refractivity contribution in [3.8, 4) is 0 Å². The van der Waals surface area contributed by atoms with E-state index >= 15 is 0 Å². The van der Waals surface area contributed by atoms with Gasteiger partial charge in [-0.1, -0.05) is 6.92 Å². The van der Waals surface area contributed by atoms with Crippen molar-refractivity contribution in [2.24, 2.45) is 0 Å². The Balaban J connectivity index is 2.26. The van der Waals surface area contributed by atoms with Gasteiger partial charge in [0, 0.05) is 18.9 Å². The highest BCUT2D eigenvalue weighted by Crippen LogP contribution is 2.26. The molecule has 2 aromatic heterocycles. The minimum atomic E-state index is -0.611. The molecule has 16 heavy (non-hydrogen) atoms. The first kappa shape index (κ1) is 11.3. The van der Waals surface area contributed by atoms with Crippen LogP contribution in [0.4, 0.5) is 0 Å². The van der Waals surface area contributed by atoms with E-state index in [9.17, 15) is 5.11 Å². The second-order valence-electron chi connectivity index (χ2n) is 3.66. The van der Waals surface area contributed by atoms with E-state index in [4.69, 9.17) is 0 Å². The van der Waals surface area contributed by atoms with E-state index in [1.54, 1.807) is 12.4 Å². The zero-order valence-corrected chi connectivity index (χ0v) is 10.2. The van der Waals surface area contributed by atoms with Crippen LogP contribution >= 0.6 is 11.3 Å². The summed E-state index contributed by atoms with van der Waals surface area (Å²) < 4.78 is 1.85. The SMILES string of the molecule is CCCn1nccc1C(O)c1cnc(C)s1. The van der Waals surface area contributed by atoms with Gasteiger partial charge < -0.3 is 5.11 Å². The molecule has 0 amide bonds. The smallest absolute Gasteiger partial charge is 0.131 e. The van der Waals surface area contributed by atoms with Gasteiger partial charge in [0.1, 0.15) is 6.10 Å². The lowest BCUT2D eigenvalue weighted by atomic mass is 10.2. The quantitative estimate of drug-likeness (QED) is 0.886. The number of aliphatic hydroxyl groups is 1. The lowest BCUT2D eigenvalue weighted by Crippen LogP contribution is -2.09. The van der Waals surface area contributed by atoms with Crippen LogP contribution in [0.5, 0.6) is 0 Å². The summed E-state index contributed by atoms with van der Waals surface area (Å²) in [5, 5.41) is 15.4. The van der Waals surface area contributed by atoms with Crippen molar-refractivity contribution < 1.29 is 5.11 Å². The molecule has 0 saturated heterocycles. The number of hydrogen-bond acceptors (Lipinski definition) is 4. The van der Waals surface area contributed by atoms with Gasteiger partial charge in [0.25, 0.3) is 0 Å². The predicted molar refractivity (Wildman–Crippen MR) is 63.4 cm³/mol. The van der Waals surface area contributed by atoms with Gasteiger partial charge >= 0.3 is 0 Å². The fourth-order valence-electron chi connectivity index (χ4n) is 1.62. The second-order valence-corrected chi connectivity index (χ2v) is 4.93. The summed E-state index contributed by atoms with van der Waals surface area (Å²) in [6, 6.07) is 1.86. The molecule has 4 nitrogen and oxygen atoms in total. The van der Waals surface area contributed by atoms with E-state index < -0.39 is 6.10 Å². The van der Waals surface area contributed by atoms with Crippen molar-refractivity contribution in [1.82, 2.24) is 14.8 Å². The van der Waals surface area contributed by atoms with E-state index in [2.05, 4.69) is 17.0 Å². The highest BCUT2D eigenvalue weighted by molar-refractivity contribution is 7.11. The summed E-state index contributed by atoms with van der Waals surface area (Å²) in [6.45, 7) is 4.86. The Morgan fingerprint density at radius 3 is 3.00 bits per heavy atom. The third-order valence-corrected chi connectivity index (χ3v) is 3.34.